The molecule has 0 radical (unpaired) electrons. The van der Waals surface area contributed by atoms with Crippen LogP contribution in [0.5, 0.6) is 5.75 Å². The molecule has 1 aromatic carbocycles. The van der Waals surface area contributed by atoms with Gasteiger partial charge in [-0.15, -0.1) is 0 Å². The molecule has 1 nitrogen and oxygen atoms in total. The summed E-state index contributed by atoms with van der Waals surface area (Å²) < 4.78 is 19.4. The molecule has 0 saturated carbocycles. The fourth-order valence-electron chi connectivity index (χ4n) is 0.953. The van der Waals surface area contributed by atoms with Crippen LogP contribution in [0.15, 0.2) is 16.6 Å². The summed E-state index contributed by atoms with van der Waals surface area (Å²) in [4.78, 5) is 0. The lowest BCUT2D eigenvalue weighted by Gasteiger charge is -2.09. The van der Waals surface area contributed by atoms with Crippen molar-refractivity contribution in [2.45, 2.75) is 12.3 Å². The highest BCUT2D eigenvalue weighted by Crippen LogP contribution is 2.31. The van der Waals surface area contributed by atoms with Crippen LogP contribution in [0.1, 0.15) is 12.5 Å². The van der Waals surface area contributed by atoms with E-state index in [0.29, 0.717) is 27.7 Å². The van der Waals surface area contributed by atoms with E-state index in [1.807, 2.05) is 6.92 Å². The Kier molecular flexibility index (Phi) is 4.19. The van der Waals surface area contributed by atoms with Crippen LogP contribution in [0.3, 0.4) is 0 Å². The lowest BCUT2D eigenvalue weighted by atomic mass is 10.2. The maximum Gasteiger partial charge on any atom is 0.170 e. The van der Waals surface area contributed by atoms with E-state index in [-0.39, 0.29) is 5.82 Å². The first-order valence-corrected chi connectivity index (χ1v) is 5.77. The quantitative estimate of drug-likeness (QED) is 0.770. The first-order chi connectivity index (χ1) is 6.20. The van der Waals surface area contributed by atoms with Gasteiger partial charge in [0.05, 0.1) is 11.1 Å². The Morgan fingerprint density at radius 2 is 2.15 bits per heavy atom. The topological polar surface area (TPSA) is 9.23 Å². The van der Waals surface area contributed by atoms with E-state index in [1.165, 1.54) is 0 Å². The first kappa shape index (κ1) is 11.0. The Morgan fingerprint density at radius 3 is 2.69 bits per heavy atom. The fraction of sp³-hybridized carbons (Fsp3) is 0.333. The number of alkyl halides is 1. The van der Waals surface area contributed by atoms with Gasteiger partial charge in [0.1, 0.15) is 0 Å². The van der Waals surface area contributed by atoms with Crippen LogP contribution < -0.4 is 4.74 Å². The smallest absolute Gasteiger partial charge is 0.170 e. The molecule has 1 aromatic rings. The van der Waals surface area contributed by atoms with Crippen molar-refractivity contribution in [3.63, 3.8) is 0 Å². The maximum atomic E-state index is 13.5. The Morgan fingerprint density at radius 1 is 1.46 bits per heavy atom. The molecule has 4 heteroatoms. The van der Waals surface area contributed by atoms with Crippen LogP contribution in [-0.2, 0) is 5.33 Å². The molecule has 0 aliphatic carbocycles. The highest BCUT2D eigenvalue weighted by molar-refractivity contribution is 9.10. The summed E-state index contributed by atoms with van der Waals surface area (Å²) in [6, 6.07) is 3.50. The second kappa shape index (κ2) is 4.96. The molecule has 0 aliphatic heterocycles. The normalized spacial score (nSPS) is 10.2. The summed E-state index contributed by atoms with van der Waals surface area (Å²) in [6.07, 6.45) is 0. The van der Waals surface area contributed by atoms with Crippen molar-refractivity contribution in [1.82, 2.24) is 0 Å². The summed E-state index contributed by atoms with van der Waals surface area (Å²) in [5.41, 5.74) is 0.603. The van der Waals surface area contributed by atoms with Gasteiger partial charge < -0.3 is 4.74 Å². The molecular formula is C9H9Br2FO. The average molecular weight is 312 g/mol. The van der Waals surface area contributed by atoms with E-state index in [2.05, 4.69) is 31.9 Å². The van der Waals surface area contributed by atoms with E-state index in [0.717, 1.165) is 0 Å². The van der Waals surface area contributed by atoms with Crippen LogP contribution in [0.2, 0.25) is 0 Å². The monoisotopic (exact) mass is 310 g/mol. The molecule has 0 aromatic heterocycles. The minimum absolute atomic E-state index is 0.291. The van der Waals surface area contributed by atoms with Gasteiger partial charge in [-0.05, 0) is 28.9 Å². The molecule has 0 unspecified atom stereocenters. The van der Waals surface area contributed by atoms with Gasteiger partial charge in [-0.1, -0.05) is 22.0 Å². The zero-order valence-corrected chi connectivity index (χ0v) is 10.3. The van der Waals surface area contributed by atoms with Crippen molar-refractivity contribution >= 4 is 31.9 Å². The van der Waals surface area contributed by atoms with Gasteiger partial charge >= 0.3 is 0 Å². The van der Waals surface area contributed by atoms with Crippen LogP contribution in [0.25, 0.3) is 0 Å². The molecule has 0 amide bonds. The maximum absolute atomic E-state index is 13.5. The van der Waals surface area contributed by atoms with Gasteiger partial charge in [0.15, 0.2) is 11.6 Å². The van der Waals surface area contributed by atoms with E-state index in [1.54, 1.807) is 12.1 Å². The van der Waals surface area contributed by atoms with Crippen molar-refractivity contribution in [1.29, 1.82) is 0 Å². The number of rotatable bonds is 3. The molecule has 0 spiro atoms. The van der Waals surface area contributed by atoms with Crippen LogP contribution in [0.4, 0.5) is 4.39 Å². The van der Waals surface area contributed by atoms with Crippen molar-refractivity contribution < 1.29 is 9.13 Å². The molecule has 1 rings (SSSR count). The standard InChI is InChI=1S/C9H9Br2FO/c1-2-13-9-7(11)4-3-6(5-10)8(9)12/h3-4H,2,5H2,1H3. The molecule has 0 saturated heterocycles. The zero-order chi connectivity index (χ0) is 9.84. The average Bonchev–Trinajstić information content (AvgIpc) is 2.12. The number of ether oxygens (including phenoxy) is 1. The third-order valence-corrected chi connectivity index (χ3v) is 2.79. The zero-order valence-electron chi connectivity index (χ0n) is 7.11. The SMILES string of the molecule is CCOc1c(Br)ccc(CBr)c1F. The van der Waals surface area contributed by atoms with E-state index < -0.39 is 0 Å². The summed E-state index contributed by atoms with van der Waals surface area (Å²) in [5, 5.41) is 0.492. The number of hydrogen-bond acceptors (Lipinski definition) is 1. The highest BCUT2D eigenvalue weighted by atomic mass is 79.9. The minimum Gasteiger partial charge on any atom is -0.490 e. The number of benzene rings is 1. The van der Waals surface area contributed by atoms with Crippen LogP contribution >= 0.6 is 31.9 Å². The van der Waals surface area contributed by atoms with Crippen LogP contribution in [-0.4, -0.2) is 6.61 Å². The molecule has 0 N–H and O–H groups in total. The highest BCUT2D eigenvalue weighted by Gasteiger charge is 2.11. The predicted molar refractivity (Wildman–Crippen MR) is 57.9 cm³/mol. The van der Waals surface area contributed by atoms with Gasteiger partial charge in [-0.3, -0.25) is 0 Å². The Balaban J connectivity index is 3.13. The van der Waals surface area contributed by atoms with Crippen molar-refractivity contribution in [3.05, 3.63) is 28.0 Å². The molecule has 72 valence electrons. The van der Waals surface area contributed by atoms with Gasteiger partial charge in [-0.25, -0.2) is 4.39 Å². The van der Waals surface area contributed by atoms with Gasteiger partial charge in [0, 0.05) is 10.9 Å². The van der Waals surface area contributed by atoms with E-state index >= 15 is 0 Å². The predicted octanol–water partition coefficient (Wildman–Crippen LogP) is 3.88. The van der Waals surface area contributed by atoms with Crippen molar-refractivity contribution in [3.8, 4) is 5.75 Å². The van der Waals surface area contributed by atoms with Gasteiger partial charge in [-0.2, -0.15) is 0 Å². The summed E-state index contributed by atoms with van der Waals surface area (Å²) >= 11 is 6.44. The Hall–Kier alpha value is -0.0900. The largest absolute Gasteiger partial charge is 0.490 e. The Labute approximate surface area is 93.5 Å². The summed E-state index contributed by atoms with van der Waals surface area (Å²) in [5.74, 6) is -0.00690. The second-order valence-corrected chi connectivity index (χ2v) is 3.83. The van der Waals surface area contributed by atoms with Gasteiger partial charge in [0.2, 0.25) is 0 Å². The fourth-order valence-corrected chi connectivity index (χ4v) is 1.81. The number of halogens is 3. The summed E-state index contributed by atoms with van der Waals surface area (Å²) in [6.45, 7) is 2.29. The molecule has 0 bridgehead atoms. The molecule has 0 aliphatic rings. The third kappa shape index (κ3) is 2.44. The minimum atomic E-state index is -0.298. The second-order valence-electron chi connectivity index (χ2n) is 2.42. The van der Waals surface area contributed by atoms with Crippen molar-refractivity contribution in [2.24, 2.45) is 0 Å². The first-order valence-electron chi connectivity index (χ1n) is 3.86. The molecular weight excluding hydrogens is 303 g/mol. The third-order valence-electron chi connectivity index (χ3n) is 1.56. The Bertz CT molecular complexity index is 302. The lowest BCUT2D eigenvalue weighted by Crippen LogP contribution is -1.98. The molecule has 0 fully saturated rings. The molecule has 0 atom stereocenters. The lowest BCUT2D eigenvalue weighted by molar-refractivity contribution is 0.318. The number of hydrogen-bond donors (Lipinski definition) is 0. The summed E-state index contributed by atoms with van der Waals surface area (Å²) in [7, 11) is 0. The van der Waals surface area contributed by atoms with E-state index in [9.17, 15) is 4.39 Å². The molecule has 0 heterocycles. The van der Waals surface area contributed by atoms with Crippen LogP contribution in [0, 0.1) is 5.82 Å². The van der Waals surface area contributed by atoms with Gasteiger partial charge in [0.25, 0.3) is 0 Å². The van der Waals surface area contributed by atoms with Crippen molar-refractivity contribution in [2.75, 3.05) is 6.61 Å². The molecule has 13 heavy (non-hydrogen) atoms. The van der Waals surface area contributed by atoms with E-state index in [4.69, 9.17) is 4.74 Å².